The topological polar surface area (TPSA) is 22.1 Å². The average Bonchev–Trinajstić information content (AvgIpc) is 1.88. The third-order valence-electron chi connectivity index (χ3n) is 1.00. The molecule has 1 heterocycles. The van der Waals surface area contributed by atoms with Crippen molar-refractivity contribution >= 4 is 0 Å². The van der Waals surface area contributed by atoms with Gasteiger partial charge in [-0.25, -0.2) is 6.07 Å². The second kappa shape index (κ2) is 4.45. The molecule has 0 amide bonds. The Labute approximate surface area is 74.9 Å². The van der Waals surface area contributed by atoms with Gasteiger partial charge in [-0.1, -0.05) is 0 Å². The van der Waals surface area contributed by atoms with E-state index in [1.54, 1.807) is 13.2 Å². The van der Waals surface area contributed by atoms with E-state index in [0.717, 1.165) is 5.69 Å². The zero-order valence-electron chi connectivity index (χ0n) is 5.92. The van der Waals surface area contributed by atoms with Crippen molar-refractivity contribution in [2.45, 2.75) is 6.92 Å². The number of nitrogens with zero attached hydrogens (tertiary/aromatic N) is 1. The fraction of sp³-hybridized carbons (Fsp3) is 0.286. The summed E-state index contributed by atoms with van der Waals surface area (Å²) >= 11 is 0. The number of methoxy groups -OCH3 is 1. The molecule has 1 aromatic heterocycles. The molecule has 1 rings (SSSR count). The first-order valence-electron chi connectivity index (χ1n) is 2.72. The minimum Gasteiger partial charge on any atom is -0.497 e. The Morgan fingerprint density at radius 3 is 2.70 bits per heavy atom. The predicted octanol–water partition coefficient (Wildman–Crippen LogP) is 1.20. The van der Waals surface area contributed by atoms with E-state index in [4.69, 9.17) is 4.74 Å². The van der Waals surface area contributed by atoms with Gasteiger partial charge in [-0.15, -0.1) is 0 Å². The Bertz CT molecular complexity index is 203. The van der Waals surface area contributed by atoms with Gasteiger partial charge in [0.1, 0.15) is 5.88 Å². The molecule has 1 aromatic rings. The summed E-state index contributed by atoms with van der Waals surface area (Å²) in [5.74, 6) is 0.551. The summed E-state index contributed by atoms with van der Waals surface area (Å²) in [6.45, 7) is 1.91. The smallest absolute Gasteiger partial charge is 0.497 e. The fourth-order valence-corrected chi connectivity index (χ4v) is 0.568. The fourth-order valence-electron chi connectivity index (χ4n) is 0.568. The molecule has 10 heavy (non-hydrogen) atoms. The molecule has 0 aromatic carbocycles. The molecule has 0 aliphatic heterocycles. The molecular formula is C7H8NOW+. The molecule has 0 atom stereocenters. The molecule has 2 nitrogen and oxygen atoms in total. The number of hydrogen-bond donors (Lipinski definition) is 0. The number of pyridine rings is 1. The molecule has 0 spiro atoms. The van der Waals surface area contributed by atoms with Gasteiger partial charge in [-0.05, 0) is 12.6 Å². The third kappa shape index (κ3) is 2.49. The Balaban J connectivity index is 0.000000810. The van der Waals surface area contributed by atoms with Crippen LogP contribution in [0.1, 0.15) is 5.69 Å². The van der Waals surface area contributed by atoms with Crippen LogP contribution in [0.15, 0.2) is 12.1 Å². The zero-order chi connectivity index (χ0) is 6.69. The van der Waals surface area contributed by atoms with Gasteiger partial charge in [-0.2, -0.15) is 12.1 Å². The van der Waals surface area contributed by atoms with Crippen LogP contribution in [-0.4, -0.2) is 12.1 Å². The minimum absolute atomic E-state index is 0. The summed E-state index contributed by atoms with van der Waals surface area (Å²) in [4.78, 5) is 4.01. The Hall–Kier alpha value is -0.362. The molecule has 3 heteroatoms. The molecule has 0 aliphatic rings. The van der Waals surface area contributed by atoms with Crippen LogP contribution in [0, 0.1) is 13.0 Å². The van der Waals surface area contributed by atoms with Crippen LogP contribution in [-0.2, 0) is 21.1 Å². The summed E-state index contributed by atoms with van der Waals surface area (Å²) in [7, 11) is 1.58. The maximum Gasteiger partial charge on any atom is 2.00 e. The molecular weight excluding hydrogens is 298 g/mol. The Kier molecular flexibility index (Phi) is 4.29. The van der Waals surface area contributed by atoms with Gasteiger partial charge >= 0.3 is 21.1 Å². The number of ether oxygens (including phenoxy) is 1. The molecule has 0 radical (unpaired) electrons. The molecule has 0 N–H and O–H groups in total. The van der Waals surface area contributed by atoms with Crippen LogP contribution < -0.4 is 4.74 Å². The van der Waals surface area contributed by atoms with Gasteiger partial charge in [0.05, 0.1) is 7.11 Å². The summed E-state index contributed by atoms with van der Waals surface area (Å²) in [6, 6.07) is 6.50. The average molecular weight is 306 g/mol. The van der Waals surface area contributed by atoms with Crippen molar-refractivity contribution in [3.63, 3.8) is 0 Å². The van der Waals surface area contributed by atoms with Gasteiger partial charge in [0.25, 0.3) is 0 Å². The number of rotatable bonds is 1. The van der Waals surface area contributed by atoms with Crippen molar-refractivity contribution in [2.75, 3.05) is 7.11 Å². The van der Waals surface area contributed by atoms with Gasteiger partial charge in [0, 0.05) is 0 Å². The van der Waals surface area contributed by atoms with E-state index in [-0.39, 0.29) is 21.1 Å². The molecule has 0 unspecified atom stereocenters. The van der Waals surface area contributed by atoms with E-state index in [2.05, 4.69) is 11.1 Å². The summed E-state index contributed by atoms with van der Waals surface area (Å²) in [5, 5.41) is 0. The second-order valence-corrected chi connectivity index (χ2v) is 1.74. The van der Waals surface area contributed by atoms with E-state index in [9.17, 15) is 0 Å². The first kappa shape index (κ1) is 9.64. The first-order valence-corrected chi connectivity index (χ1v) is 2.72. The van der Waals surface area contributed by atoms with E-state index in [0.29, 0.717) is 5.88 Å². The van der Waals surface area contributed by atoms with Crippen molar-refractivity contribution in [3.8, 4) is 5.88 Å². The number of aryl methyl sites for hydroxylation is 1. The first-order chi connectivity index (χ1) is 4.33. The monoisotopic (exact) mass is 306 g/mol. The van der Waals surface area contributed by atoms with E-state index >= 15 is 0 Å². The van der Waals surface area contributed by atoms with Crippen molar-refractivity contribution in [1.82, 2.24) is 4.98 Å². The quantitative estimate of drug-likeness (QED) is 0.727. The van der Waals surface area contributed by atoms with Gasteiger partial charge in [0.2, 0.25) is 0 Å². The maximum absolute atomic E-state index is 4.83. The minimum atomic E-state index is 0. The molecule has 0 saturated carbocycles. The van der Waals surface area contributed by atoms with Gasteiger partial charge in [-0.3, -0.25) is 4.98 Å². The van der Waals surface area contributed by atoms with Crippen LogP contribution >= 0.6 is 0 Å². The van der Waals surface area contributed by atoms with Gasteiger partial charge < -0.3 is 4.74 Å². The molecule has 0 fully saturated rings. The SMILES string of the molecule is COc1[c-]ccc(C)n1.[W+2]. The number of hydrogen-bond acceptors (Lipinski definition) is 2. The summed E-state index contributed by atoms with van der Waals surface area (Å²) in [6.07, 6.45) is 0. The van der Waals surface area contributed by atoms with E-state index < -0.39 is 0 Å². The van der Waals surface area contributed by atoms with E-state index in [1.165, 1.54) is 0 Å². The third-order valence-corrected chi connectivity index (χ3v) is 1.00. The Morgan fingerprint density at radius 1 is 1.60 bits per heavy atom. The van der Waals surface area contributed by atoms with Crippen molar-refractivity contribution in [2.24, 2.45) is 0 Å². The zero-order valence-corrected chi connectivity index (χ0v) is 8.85. The van der Waals surface area contributed by atoms with Crippen LogP contribution in [0.3, 0.4) is 0 Å². The molecule has 0 saturated heterocycles. The van der Waals surface area contributed by atoms with Crippen molar-refractivity contribution in [3.05, 3.63) is 23.9 Å². The number of aromatic nitrogens is 1. The molecule has 0 bridgehead atoms. The summed E-state index contributed by atoms with van der Waals surface area (Å²) < 4.78 is 4.83. The van der Waals surface area contributed by atoms with Gasteiger partial charge in [0.15, 0.2) is 0 Å². The Morgan fingerprint density at radius 2 is 2.30 bits per heavy atom. The van der Waals surface area contributed by atoms with Crippen LogP contribution in [0.4, 0.5) is 0 Å². The van der Waals surface area contributed by atoms with Crippen LogP contribution in [0.25, 0.3) is 0 Å². The largest absolute Gasteiger partial charge is 2.00 e. The molecule has 52 valence electrons. The maximum atomic E-state index is 4.83. The normalized spacial score (nSPS) is 8.20. The van der Waals surface area contributed by atoms with Crippen molar-refractivity contribution < 1.29 is 25.8 Å². The standard InChI is InChI=1S/C7H8NO.W/c1-6-4-3-5-7(8-6)9-2;/h3-4H,1-2H3;/q-1;+2. The van der Waals surface area contributed by atoms with Crippen LogP contribution in [0.2, 0.25) is 0 Å². The summed E-state index contributed by atoms with van der Waals surface area (Å²) in [5.41, 5.74) is 0.950. The predicted molar refractivity (Wildman–Crippen MR) is 34.4 cm³/mol. The van der Waals surface area contributed by atoms with Crippen molar-refractivity contribution in [1.29, 1.82) is 0 Å². The molecule has 0 aliphatic carbocycles. The van der Waals surface area contributed by atoms with Crippen LogP contribution in [0.5, 0.6) is 5.88 Å². The second-order valence-electron chi connectivity index (χ2n) is 1.74. The van der Waals surface area contributed by atoms with E-state index in [1.807, 2.05) is 13.0 Å².